The second kappa shape index (κ2) is 9.34. The van der Waals surface area contributed by atoms with E-state index >= 15 is 0 Å². The molecule has 8 nitrogen and oxygen atoms in total. The largest absolute Gasteiger partial charge is 0.306 e. The van der Waals surface area contributed by atoms with E-state index in [2.05, 4.69) is 10.4 Å². The zero-order valence-corrected chi connectivity index (χ0v) is 19.8. The average molecular weight is 469 g/mol. The number of hydrogen-bond acceptors (Lipinski definition) is 5. The molecule has 0 aliphatic heterocycles. The summed E-state index contributed by atoms with van der Waals surface area (Å²) < 4.78 is 1.56. The molecule has 176 valence electrons. The van der Waals surface area contributed by atoms with E-state index < -0.39 is 10.8 Å². The monoisotopic (exact) mass is 468 g/mol. The van der Waals surface area contributed by atoms with Gasteiger partial charge in [0.15, 0.2) is 0 Å². The highest BCUT2D eigenvalue weighted by molar-refractivity contribution is 6.06. The van der Waals surface area contributed by atoms with Crippen LogP contribution in [-0.4, -0.2) is 20.6 Å². The van der Waals surface area contributed by atoms with Gasteiger partial charge in [-0.2, -0.15) is 5.10 Å². The first-order valence-corrected chi connectivity index (χ1v) is 11.0. The Morgan fingerprint density at radius 3 is 2.17 bits per heavy atom. The van der Waals surface area contributed by atoms with Crippen LogP contribution in [0, 0.1) is 37.8 Å². The maximum absolute atomic E-state index is 13.3. The SMILES string of the molecule is Cc1ccc(-c2c(NC(=O)c3ccc([N+](=O)[O-])cc3)n(-c3ccc(C)c(C)c3)nc(C)c2=O)cc1. The van der Waals surface area contributed by atoms with E-state index in [1.807, 2.05) is 63.2 Å². The van der Waals surface area contributed by atoms with Crippen molar-refractivity contribution in [3.63, 3.8) is 0 Å². The molecule has 1 aromatic heterocycles. The molecular weight excluding hydrogens is 444 g/mol. The van der Waals surface area contributed by atoms with E-state index in [-0.39, 0.29) is 28.2 Å². The number of anilines is 1. The lowest BCUT2D eigenvalue weighted by molar-refractivity contribution is -0.384. The number of non-ortho nitro benzene ring substituents is 1. The van der Waals surface area contributed by atoms with Crippen LogP contribution < -0.4 is 10.7 Å². The Hall–Kier alpha value is -4.59. The number of carbonyl (C=O) groups excluding carboxylic acids is 1. The molecule has 1 heterocycles. The maximum Gasteiger partial charge on any atom is 0.269 e. The minimum Gasteiger partial charge on any atom is -0.306 e. The Bertz CT molecular complexity index is 1500. The van der Waals surface area contributed by atoms with Crippen LogP contribution in [0.25, 0.3) is 16.8 Å². The van der Waals surface area contributed by atoms with E-state index in [9.17, 15) is 19.7 Å². The van der Waals surface area contributed by atoms with Crippen molar-refractivity contribution < 1.29 is 9.72 Å². The van der Waals surface area contributed by atoms with E-state index in [1.54, 1.807) is 11.6 Å². The van der Waals surface area contributed by atoms with Crippen molar-refractivity contribution >= 4 is 17.4 Å². The maximum atomic E-state index is 13.3. The molecule has 1 N–H and O–H groups in total. The first-order valence-electron chi connectivity index (χ1n) is 11.0. The number of hydrogen-bond donors (Lipinski definition) is 1. The van der Waals surface area contributed by atoms with Gasteiger partial charge in [-0.05, 0) is 68.7 Å². The second-order valence-corrected chi connectivity index (χ2v) is 8.44. The molecule has 8 heteroatoms. The molecule has 0 atom stereocenters. The van der Waals surface area contributed by atoms with E-state index in [0.717, 1.165) is 16.7 Å². The zero-order chi connectivity index (χ0) is 25.3. The minimum atomic E-state index is -0.529. The Morgan fingerprint density at radius 1 is 0.914 bits per heavy atom. The molecule has 4 aromatic rings. The number of rotatable bonds is 5. The third kappa shape index (κ3) is 4.72. The molecule has 0 saturated carbocycles. The molecule has 35 heavy (non-hydrogen) atoms. The average Bonchev–Trinajstić information content (AvgIpc) is 2.84. The number of benzene rings is 3. The van der Waals surface area contributed by atoms with Gasteiger partial charge in [-0.1, -0.05) is 35.9 Å². The molecule has 1 amide bonds. The Kier molecular flexibility index (Phi) is 6.29. The molecule has 0 aliphatic carbocycles. The van der Waals surface area contributed by atoms with Gasteiger partial charge >= 0.3 is 0 Å². The summed E-state index contributed by atoms with van der Waals surface area (Å²) in [4.78, 5) is 37.0. The van der Waals surface area contributed by atoms with Crippen LogP contribution >= 0.6 is 0 Å². The van der Waals surface area contributed by atoms with Gasteiger partial charge in [-0.25, -0.2) is 4.68 Å². The quantitative estimate of drug-likeness (QED) is 0.316. The highest BCUT2D eigenvalue weighted by Crippen LogP contribution is 2.28. The number of nitro benzene ring substituents is 1. The Morgan fingerprint density at radius 2 is 1.57 bits per heavy atom. The standard InChI is InChI=1S/C27H24N4O4/c1-16-5-8-20(9-6-16)24-25(32)19(4)29-30(23-12-7-17(2)18(3)15-23)26(24)28-27(33)21-10-13-22(14-11-21)31(34)35/h5-15H,1-4H3,(H,28,33). The summed E-state index contributed by atoms with van der Waals surface area (Å²) >= 11 is 0. The van der Waals surface area contributed by atoms with Gasteiger partial charge in [0.1, 0.15) is 11.5 Å². The van der Waals surface area contributed by atoms with E-state index in [1.165, 1.54) is 24.3 Å². The predicted octanol–water partition coefficient (Wildman–Crippen LogP) is 5.29. The number of nitro groups is 1. The summed E-state index contributed by atoms with van der Waals surface area (Å²) in [6.07, 6.45) is 0. The fourth-order valence-electron chi connectivity index (χ4n) is 3.70. The molecule has 0 spiro atoms. The van der Waals surface area contributed by atoms with Crippen LogP contribution in [0.15, 0.2) is 71.5 Å². The van der Waals surface area contributed by atoms with E-state index in [4.69, 9.17) is 0 Å². The van der Waals surface area contributed by atoms with Crippen molar-refractivity contribution in [2.45, 2.75) is 27.7 Å². The zero-order valence-electron chi connectivity index (χ0n) is 19.8. The van der Waals surface area contributed by atoms with Gasteiger partial charge < -0.3 is 5.32 Å². The summed E-state index contributed by atoms with van der Waals surface area (Å²) in [6.45, 7) is 7.56. The van der Waals surface area contributed by atoms with Crippen LogP contribution in [0.4, 0.5) is 11.5 Å². The fourth-order valence-corrected chi connectivity index (χ4v) is 3.70. The predicted molar refractivity (Wildman–Crippen MR) is 135 cm³/mol. The van der Waals surface area contributed by atoms with Crippen LogP contribution in [0.2, 0.25) is 0 Å². The summed E-state index contributed by atoms with van der Waals surface area (Å²) in [5.74, 6) is -0.299. The van der Waals surface area contributed by atoms with Gasteiger partial charge in [-0.15, -0.1) is 0 Å². The van der Waals surface area contributed by atoms with Crippen molar-refractivity contribution in [2.24, 2.45) is 0 Å². The van der Waals surface area contributed by atoms with Gasteiger partial charge in [0, 0.05) is 17.7 Å². The minimum absolute atomic E-state index is 0.120. The van der Waals surface area contributed by atoms with Gasteiger partial charge in [-0.3, -0.25) is 19.7 Å². The van der Waals surface area contributed by atoms with Crippen LogP contribution in [0.1, 0.15) is 32.7 Å². The lowest BCUT2D eigenvalue weighted by Crippen LogP contribution is -2.25. The summed E-state index contributed by atoms with van der Waals surface area (Å²) in [6, 6.07) is 18.5. The first kappa shape index (κ1) is 23.6. The topological polar surface area (TPSA) is 107 Å². The number of aryl methyl sites for hydroxylation is 4. The summed E-state index contributed by atoms with van der Waals surface area (Å²) in [7, 11) is 0. The van der Waals surface area contributed by atoms with Gasteiger partial charge in [0.05, 0.1) is 16.2 Å². The smallest absolute Gasteiger partial charge is 0.269 e. The molecule has 0 saturated heterocycles. The van der Waals surface area contributed by atoms with Gasteiger partial charge in [0.25, 0.3) is 11.6 Å². The Balaban J connectivity index is 1.92. The molecule has 0 bridgehead atoms. The number of amides is 1. The normalized spacial score (nSPS) is 10.7. The molecule has 3 aromatic carbocycles. The molecule has 0 unspecified atom stereocenters. The fraction of sp³-hybridized carbons (Fsp3) is 0.148. The molecule has 0 aliphatic rings. The number of nitrogens with zero attached hydrogens (tertiary/aromatic N) is 3. The first-order chi connectivity index (χ1) is 16.7. The summed E-state index contributed by atoms with van der Waals surface area (Å²) in [5.41, 5.74) is 4.88. The van der Waals surface area contributed by atoms with Crippen molar-refractivity contribution in [2.75, 3.05) is 5.32 Å². The Labute approximate surface area is 202 Å². The van der Waals surface area contributed by atoms with Crippen LogP contribution in [0.5, 0.6) is 0 Å². The summed E-state index contributed by atoms with van der Waals surface area (Å²) in [5, 5.41) is 18.3. The second-order valence-electron chi connectivity index (χ2n) is 8.44. The van der Waals surface area contributed by atoms with Crippen LogP contribution in [0.3, 0.4) is 0 Å². The van der Waals surface area contributed by atoms with Crippen LogP contribution in [-0.2, 0) is 0 Å². The lowest BCUT2D eigenvalue weighted by atomic mass is 10.0. The number of aromatic nitrogens is 2. The van der Waals surface area contributed by atoms with Crippen molar-refractivity contribution in [1.82, 2.24) is 9.78 Å². The highest BCUT2D eigenvalue weighted by atomic mass is 16.6. The molecule has 0 fully saturated rings. The third-order valence-corrected chi connectivity index (χ3v) is 5.90. The lowest BCUT2D eigenvalue weighted by Gasteiger charge is -2.19. The van der Waals surface area contributed by atoms with Crippen molar-refractivity contribution in [3.05, 3.63) is 115 Å². The van der Waals surface area contributed by atoms with E-state index in [0.29, 0.717) is 16.8 Å². The molecular formula is C27H24N4O4. The molecule has 4 rings (SSSR count). The van der Waals surface area contributed by atoms with Gasteiger partial charge in [0.2, 0.25) is 5.43 Å². The van der Waals surface area contributed by atoms with Crippen molar-refractivity contribution in [1.29, 1.82) is 0 Å². The molecule has 0 radical (unpaired) electrons. The highest BCUT2D eigenvalue weighted by Gasteiger charge is 2.21. The third-order valence-electron chi connectivity index (χ3n) is 5.90. The van der Waals surface area contributed by atoms with Crippen molar-refractivity contribution in [3.8, 4) is 16.8 Å². The number of nitrogens with one attached hydrogen (secondary N) is 1. The number of carbonyl (C=O) groups is 1.